The second-order valence-corrected chi connectivity index (χ2v) is 15.4. The fourth-order valence-electron chi connectivity index (χ4n) is 3.33. The Morgan fingerprint density at radius 2 is 1.59 bits per heavy atom. The Kier molecular flexibility index (Phi) is 8.62. The quantitative estimate of drug-likeness (QED) is 0.290. The van der Waals surface area contributed by atoms with Crippen molar-refractivity contribution in [3.63, 3.8) is 0 Å². The first-order chi connectivity index (χ1) is 13.2. The Morgan fingerprint density at radius 1 is 1.10 bits per heavy atom. The van der Waals surface area contributed by atoms with Crippen molar-refractivity contribution in [3.8, 4) is 0 Å². The number of ether oxygens (including phenoxy) is 1. The highest BCUT2D eigenvalue weighted by atomic mass is 31.2. The van der Waals surface area contributed by atoms with Gasteiger partial charge < -0.3 is 18.9 Å². The minimum absolute atomic E-state index is 0.215. The summed E-state index contributed by atoms with van der Waals surface area (Å²) in [5.74, 6) is -2.78. The van der Waals surface area contributed by atoms with E-state index in [4.69, 9.17) is 9.16 Å². The van der Waals surface area contributed by atoms with E-state index in [1.54, 1.807) is 30.3 Å². The first-order valence-electron chi connectivity index (χ1n) is 10.1. The molecular formula is C21H37O6PSi. The molecule has 166 valence electrons. The topological polar surface area (TPSA) is 93.1 Å². The predicted molar refractivity (Wildman–Crippen MR) is 118 cm³/mol. The average Bonchev–Trinajstić information content (AvgIpc) is 2.60. The second-order valence-electron chi connectivity index (χ2n) is 9.01. The first-order valence-corrected chi connectivity index (χ1v) is 14.7. The van der Waals surface area contributed by atoms with Gasteiger partial charge in [-0.2, -0.15) is 0 Å². The van der Waals surface area contributed by atoms with Gasteiger partial charge in [-0.25, -0.2) is 0 Å². The van der Waals surface area contributed by atoms with Crippen molar-refractivity contribution in [3.05, 3.63) is 35.9 Å². The van der Waals surface area contributed by atoms with Crippen molar-refractivity contribution in [1.29, 1.82) is 0 Å². The van der Waals surface area contributed by atoms with Gasteiger partial charge in [0.2, 0.25) is 11.6 Å². The smallest absolute Gasteiger partial charge is 0.340 e. The van der Waals surface area contributed by atoms with E-state index < -0.39 is 33.1 Å². The van der Waals surface area contributed by atoms with Gasteiger partial charge in [0.15, 0.2) is 8.32 Å². The molecule has 0 saturated heterocycles. The molecule has 29 heavy (non-hydrogen) atoms. The molecule has 0 aromatic heterocycles. The zero-order chi connectivity index (χ0) is 22.7. The van der Waals surface area contributed by atoms with Gasteiger partial charge in [-0.1, -0.05) is 65.0 Å². The van der Waals surface area contributed by atoms with Gasteiger partial charge >= 0.3 is 7.60 Å². The van der Waals surface area contributed by atoms with Gasteiger partial charge in [0, 0.05) is 13.0 Å². The third kappa shape index (κ3) is 5.66. The molecular weight excluding hydrogens is 407 g/mol. The minimum atomic E-state index is -4.82. The lowest BCUT2D eigenvalue weighted by molar-refractivity contribution is -0.210. The van der Waals surface area contributed by atoms with E-state index in [1.807, 2.05) is 26.9 Å². The fourth-order valence-corrected chi connectivity index (χ4v) is 5.79. The fraction of sp³-hybridized carbons (Fsp3) is 0.667. The molecule has 0 fully saturated rings. The minimum Gasteiger partial charge on any atom is -0.384 e. The van der Waals surface area contributed by atoms with Crippen LogP contribution in [0.2, 0.25) is 18.1 Å². The molecule has 0 amide bonds. The van der Waals surface area contributed by atoms with Crippen molar-refractivity contribution in [2.75, 3.05) is 7.11 Å². The van der Waals surface area contributed by atoms with Crippen LogP contribution in [0, 0.1) is 5.92 Å². The van der Waals surface area contributed by atoms with E-state index in [1.165, 1.54) is 7.11 Å². The number of hydrogen-bond acceptors (Lipinski definition) is 4. The van der Waals surface area contributed by atoms with E-state index in [0.717, 1.165) is 0 Å². The monoisotopic (exact) mass is 444 g/mol. The molecule has 8 heteroatoms. The van der Waals surface area contributed by atoms with Crippen molar-refractivity contribution in [2.45, 2.75) is 77.0 Å². The molecule has 2 atom stereocenters. The Balaban J connectivity index is 3.70. The molecule has 0 radical (unpaired) electrons. The van der Waals surface area contributed by atoms with Gasteiger partial charge in [-0.15, -0.1) is 0 Å². The number of rotatable bonds is 10. The summed E-state index contributed by atoms with van der Waals surface area (Å²) in [5, 5.41) is -0.215. The van der Waals surface area contributed by atoms with E-state index in [0.29, 0.717) is 12.8 Å². The third-order valence-electron chi connectivity index (χ3n) is 6.08. The maximum Gasteiger partial charge on any atom is 0.340 e. The summed E-state index contributed by atoms with van der Waals surface area (Å²) < 4.78 is 24.8. The maximum atomic E-state index is 13.9. The third-order valence-corrected chi connectivity index (χ3v) is 11.7. The lowest BCUT2D eigenvalue weighted by atomic mass is 9.87. The van der Waals surface area contributed by atoms with Crippen molar-refractivity contribution in [1.82, 2.24) is 0 Å². The van der Waals surface area contributed by atoms with Crippen LogP contribution in [0.25, 0.3) is 0 Å². The summed E-state index contributed by atoms with van der Waals surface area (Å²) >= 11 is 0. The van der Waals surface area contributed by atoms with Crippen LogP contribution in [-0.2, 0) is 18.5 Å². The standard InChI is InChI=1S/C21H37O6PSi/c1-9-17(10-2)21(26-6,27-29(7,8)20(3,4)5)19(22)18(28(23,24)25)16-14-12-11-13-15-16/h11-15,17-18H,9-10H2,1-8H3,(H2,23,24,25). The molecule has 2 unspecified atom stereocenters. The summed E-state index contributed by atoms with van der Waals surface area (Å²) in [7, 11) is -5.95. The Hall–Kier alpha value is -0.823. The van der Waals surface area contributed by atoms with E-state index in [-0.39, 0.29) is 16.5 Å². The number of ketones is 1. The Morgan fingerprint density at radius 3 is 1.93 bits per heavy atom. The molecule has 0 saturated carbocycles. The van der Waals surface area contributed by atoms with Crippen molar-refractivity contribution < 1.29 is 28.3 Å². The van der Waals surface area contributed by atoms with Gasteiger partial charge in [0.1, 0.15) is 5.66 Å². The summed E-state index contributed by atoms with van der Waals surface area (Å²) in [6.45, 7) is 14.0. The summed E-state index contributed by atoms with van der Waals surface area (Å²) in [5.41, 5.74) is -1.38. The summed E-state index contributed by atoms with van der Waals surface area (Å²) in [6, 6.07) is 8.17. The molecule has 0 aliphatic heterocycles. The van der Waals surface area contributed by atoms with Crippen LogP contribution in [0.15, 0.2) is 30.3 Å². The molecule has 0 aliphatic carbocycles. The number of carbonyl (C=O) groups is 1. The van der Waals surface area contributed by atoms with Crippen LogP contribution < -0.4 is 0 Å². The normalized spacial score (nSPS) is 16.5. The molecule has 0 bridgehead atoms. The largest absolute Gasteiger partial charge is 0.384 e. The highest BCUT2D eigenvalue weighted by Crippen LogP contribution is 2.56. The van der Waals surface area contributed by atoms with Gasteiger partial charge in [-0.05, 0) is 36.5 Å². The highest BCUT2D eigenvalue weighted by molar-refractivity contribution is 7.53. The lowest BCUT2D eigenvalue weighted by Gasteiger charge is -2.47. The Bertz CT molecular complexity index is 720. The van der Waals surface area contributed by atoms with Crippen LogP contribution in [0.1, 0.15) is 58.7 Å². The number of Topliss-reactive ketones (excluding diaryl/α,β-unsaturated/α-hetero) is 1. The zero-order valence-electron chi connectivity index (χ0n) is 18.9. The average molecular weight is 445 g/mol. The van der Waals surface area contributed by atoms with Crippen molar-refractivity contribution in [2.24, 2.45) is 5.92 Å². The SMILES string of the molecule is CCC(CC)C(OC)(O[Si](C)(C)C(C)(C)C)C(=O)C(c1ccccc1)P(=O)(O)O. The van der Waals surface area contributed by atoms with Crippen LogP contribution in [0.4, 0.5) is 0 Å². The van der Waals surface area contributed by atoms with Gasteiger partial charge in [-0.3, -0.25) is 9.36 Å². The van der Waals surface area contributed by atoms with E-state index >= 15 is 0 Å². The zero-order valence-corrected chi connectivity index (χ0v) is 20.8. The molecule has 1 rings (SSSR count). The van der Waals surface area contributed by atoms with Crippen molar-refractivity contribution >= 4 is 21.7 Å². The molecule has 0 aliphatic rings. The van der Waals surface area contributed by atoms with E-state index in [9.17, 15) is 19.1 Å². The number of benzene rings is 1. The van der Waals surface area contributed by atoms with Crippen LogP contribution >= 0.6 is 7.60 Å². The van der Waals surface area contributed by atoms with Crippen LogP contribution in [-0.4, -0.2) is 36.8 Å². The predicted octanol–water partition coefficient (Wildman–Crippen LogP) is 5.28. The molecule has 0 heterocycles. The number of carbonyl (C=O) groups excluding carboxylic acids is 1. The van der Waals surface area contributed by atoms with Gasteiger partial charge in [0.05, 0.1) is 0 Å². The van der Waals surface area contributed by atoms with Gasteiger partial charge in [0.25, 0.3) is 0 Å². The molecule has 1 aromatic carbocycles. The number of methoxy groups -OCH3 is 1. The maximum absolute atomic E-state index is 13.9. The summed E-state index contributed by atoms with van der Waals surface area (Å²) in [4.78, 5) is 34.2. The van der Waals surface area contributed by atoms with E-state index in [2.05, 4.69) is 20.8 Å². The molecule has 0 spiro atoms. The highest BCUT2D eigenvalue weighted by Gasteiger charge is 2.57. The number of hydrogen-bond donors (Lipinski definition) is 2. The first kappa shape index (κ1) is 26.2. The van der Waals surface area contributed by atoms with Crippen LogP contribution in [0.5, 0.6) is 0 Å². The Labute approximate surface area is 176 Å². The lowest BCUT2D eigenvalue weighted by Crippen LogP contribution is -2.59. The molecule has 2 N–H and O–H groups in total. The summed E-state index contributed by atoms with van der Waals surface area (Å²) in [6.07, 6.45) is 1.15. The second kappa shape index (κ2) is 9.54. The van der Waals surface area contributed by atoms with Crippen LogP contribution in [0.3, 0.4) is 0 Å². The molecule has 6 nitrogen and oxygen atoms in total. The molecule has 1 aromatic rings.